The normalized spacial score (nSPS) is 11.5. The summed E-state index contributed by atoms with van der Waals surface area (Å²) >= 11 is 5.68. The van der Waals surface area contributed by atoms with Crippen molar-refractivity contribution in [2.45, 2.75) is 33.1 Å². The van der Waals surface area contributed by atoms with Gasteiger partial charge >= 0.3 is 0 Å². The van der Waals surface area contributed by atoms with Crippen LogP contribution in [0, 0.1) is 12.7 Å². The number of nitrogen functional groups attached to an aromatic ring is 1. The first-order valence-corrected chi connectivity index (χ1v) is 6.93. The van der Waals surface area contributed by atoms with Gasteiger partial charge in [0.05, 0.1) is 5.02 Å². The van der Waals surface area contributed by atoms with E-state index in [-0.39, 0.29) is 10.4 Å². The van der Waals surface area contributed by atoms with Gasteiger partial charge in [-0.15, -0.1) is 0 Å². The Labute approximate surface area is 128 Å². The Morgan fingerprint density at radius 3 is 2.48 bits per heavy atom. The lowest BCUT2D eigenvalue weighted by Crippen LogP contribution is -2.18. The molecule has 0 saturated carbocycles. The average molecular weight is 309 g/mol. The van der Waals surface area contributed by atoms with E-state index in [2.05, 4.69) is 15.3 Å². The van der Waals surface area contributed by atoms with Crippen molar-refractivity contribution in [1.82, 2.24) is 9.97 Å². The summed E-state index contributed by atoms with van der Waals surface area (Å²) in [4.78, 5) is 8.80. The van der Waals surface area contributed by atoms with Gasteiger partial charge in [0.15, 0.2) is 0 Å². The predicted molar refractivity (Wildman–Crippen MR) is 84.6 cm³/mol. The highest BCUT2D eigenvalue weighted by Crippen LogP contribution is 2.28. The first-order valence-electron chi connectivity index (χ1n) is 6.55. The zero-order valence-corrected chi connectivity index (χ0v) is 13.2. The van der Waals surface area contributed by atoms with Crippen LogP contribution in [0.2, 0.25) is 5.02 Å². The molecule has 0 aliphatic carbocycles. The predicted octanol–water partition coefficient (Wildman–Crippen LogP) is 4.20. The van der Waals surface area contributed by atoms with E-state index in [9.17, 15) is 4.39 Å². The lowest BCUT2D eigenvalue weighted by atomic mass is 9.95. The highest BCUT2D eigenvalue weighted by Gasteiger charge is 2.20. The van der Waals surface area contributed by atoms with Gasteiger partial charge in [-0.3, -0.25) is 0 Å². The van der Waals surface area contributed by atoms with Crippen LogP contribution in [0.25, 0.3) is 0 Å². The van der Waals surface area contributed by atoms with Gasteiger partial charge in [0.1, 0.15) is 23.3 Å². The van der Waals surface area contributed by atoms with Crippen LogP contribution < -0.4 is 11.1 Å². The fourth-order valence-corrected chi connectivity index (χ4v) is 1.82. The van der Waals surface area contributed by atoms with Crippen molar-refractivity contribution < 1.29 is 4.39 Å². The van der Waals surface area contributed by atoms with Crippen molar-refractivity contribution in [2.75, 3.05) is 11.1 Å². The van der Waals surface area contributed by atoms with Crippen LogP contribution in [0.4, 0.5) is 21.7 Å². The fraction of sp³-hybridized carbons (Fsp3) is 0.333. The van der Waals surface area contributed by atoms with Crippen molar-refractivity contribution in [3.8, 4) is 0 Å². The smallest absolute Gasteiger partial charge is 0.143 e. The summed E-state index contributed by atoms with van der Waals surface area (Å²) < 4.78 is 13.5. The van der Waals surface area contributed by atoms with E-state index >= 15 is 0 Å². The number of nitrogens with one attached hydrogen (secondary N) is 1. The molecule has 0 unspecified atom stereocenters. The maximum absolute atomic E-state index is 13.5. The Balaban J connectivity index is 2.43. The second kappa shape index (κ2) is 5.48. The van der Waals surface area contributed by atoms with Crippen LogP contribution in [0.15, 0.2) is 18.2 Å². The topological polar surface area (TPSA) is 63.8 Å². The minimum Gasteiger partial charge on any atom is -0.383 e. The van der Waals surface area contributed by atoms with E-state index in [1.165, 1.54) is 12.1 Å². The molecule has 0 aliphatic rings. The van der Waals surface area contributed by atoms with Gasteiger partial charge in [-0.05, 0) is 25.1 Å². The molecule has 112 valence electrons. The fourth-order valence-electron chi connectivity index (χ4n) is 1.70. The standard InChI is InChI=1S/C15H18ClFN4/c1-8-12(18)20-14(15(2,3)4)21-13(8)19-9-5-6-10(16)11(17)7-9/h5-7H,1-4H3,(H3,18,19,20,21). The van der Waals surface area contributed by atoms with Crippen LogP contribution in [0.5, 0.6) is 0 Å². The third-order valence-electron chi connectivity index (χ3n) is 3.04. The molecule has 1 aromatic heterocycles. The molecule has 0 fully saturated rings. The Hall–Kier alpha value is -1.88. The molecule has 1 aromatic carbocycles. The largest absolute Gasteiger partial charge is 0.383 e. The minimum atomic E-state index is -0.489. The van der Waals surface area contributed by atoms with E-state index in [1.807, 2.05) is 27.7 Å². The Morgan fingerprint density at radius 1 is 1.24 bits per heavy atom. The molecule has 0 amide bonds. The lowest BCUT2D eigenvalue weighted by molar-refractivity contribution is 0.546. The molecular weight excluding hydrogens is 291 g/mol. The number of hydrogen-bond donors (Lipinski definition) is 2. The zero-order chi connectivity index (χ0) is 15.8. The first-order chi connectivity index (χ1) is 9.68. The van der Waals surface area contributed by atoms with Crippen LogP contribution in [0.1, 0.15) is 32.2 Å². The third-order valence-corrected chi connectivity index (χ3v) is 3.34. The number of nitrogens with two attached hydrogens (primary N) is 1. The van der Waals surface area contributed by atoms with Crippen molar-refractivity contribution in [1.29, 1.82) is 0 Å². The van der Waals surface area contributed by atoms with E-state index in [1.54, 1.807) is 6.07 Å². The van der Waals surface area contributed by atoms with Crippen molar-refractivity contribution in [3.63, 3.8) is 0 Å². The average Bonchev–Trinajstić information content (AvgIpc) is 2.38. The summed E-state index contributed by atoms with van der Waals surface area (Å²) in [6.07, 6.45) is 0. The number of anilines is 3. The summed E-state index contributed by atoms with van der Waals surface area (Å²) in [5.74, 6) is 1.11. The molecule has 4 nitrogen and oxygen atoms in total. The summed E-state index contributed by atoms with van der Waals surface area (Å²) in [6.45, 7) is 7.82. The molecule has 0 radical (unpaired) electrons. The van der Waals surface area contributed by atoms with Crippen molar-refractivity contribution in [2.24, 2.45) is 0 Å². The van der Waals surface area contributed by atoms with Crippen molar-refractivity contribution >= 4 is 28.9 Å². The molecule has 0 spiro atoms. The van der Waals surface area contributed by atoms with Gasteiger partial charge in [-0.2, -0.15) is 0 Å². The molecule has 2 aromatic rings. The van der Waals surface area contributed by atoms with Gasteiger partial charge < -0.3 is 11.1 Å². The van der Waals surface area contributed by atoms with Gasteiger partial charge in [-0.1, -0.05) is 32.4 Å². The van der Waals surface area contributed by atoms with Gasteiger partial charge in [0.2, 0.25) is 0 Å². The highest BCUT2D eigenvalue weighted by atomic mass is 35.5. The van der Waals surface area contributed by atoms with Gasteiger partial charge in [0, 0.05) is 16.7 Å². The molecule has 0 saturated heterocycles. The molecule has 0 bridgehead atoms. The number of rotatable bonds is 2. The Bertz CT molecular complexity index is 680. The molecule has 1 heterocycles. The first kappa shape index (κ1) is 15.5. The Morgan fingerprint density at radius 2 is 1.90 bits per heavy atom. The SMILES string of the molecule is Cc1c(N)nc(C(C)(C)C)nc1Nc1ccc(Cl)c(F)c1. The number of benzene rings is 1. The maximum atomic E-state index is 13.5. The second-order valence-corrected chi connectivity index (χ2v) is 6.32. The number of hydrogen-bond acceptors (Lipinski definition) is 4. The van der Waals surface area contributed by atoms with Crippen LogP contribution in [0.3, 0.4) is 0 Å². The highest BCUT2D eigenvalue weighted by molar-refractivity contribution is 6.30. The maximum Gasteiger partial charge on any atom is 0.143 e. The lowest BCUT2D eigenvalue weighted by Gasteiger charge is -2.20. The quantitative estimate of drug-likeness (QED) is 0.872. The third kappa shape index (κ3) is 3.42. The zero-order valence-electron chi connectivity index (χ0n) is 12.5. The van der Waals surface area contributed by atoms with Crippen LogP contribution >= 0.6 is 11.6 Å². The molecule has 0 aliphatic heterocycles. The minimum absolute atomic E-state index is 0.0786. The molecule has 3 N–H and O–H groups in total. The monoisotopic (exact) mass is 308 g/mol. The van der Waals surface area contributed by atoms with E-state index in [4.69, 9.17) is 17.3 Å². The second-order valence-electron chi connectivity index (χ2n) is 5.91. The molecule has 0 atom stereocenters. The van der Waals surface area contributed by atoms with Crippen LogP contribution in [-0.4, -0.2) is 9.97 Å². The van der Waals surface area contributed by atoms with Gasteiger partial charge in [0.25, 0.3) is 0 Å². The van der Waals surface area contributed by atoms with E-state index in [0.29, 0.717) is 23.1 Å². The number of halogens is 2. The number of aromatic nitrogens is 2. The van der Waals surface area contributed by atoms with E-state index < -0.39 is 5.82 Å². The molecule has 21 heavy (non-hydrogen) atoms. The van der Waals surface area contributed by atoms with E-state index in [0.717, 1.165) is 5.56 Å². The Kier molecular flexibility index (Phi) is 4.05. The van der Waals surface area contributed by atoms with Crippen LogP contribution in [-0.2, 0) is 5.41 Å². The molecule has 6 heteroatoms. The molecular formula is C15H18ClFN4. The summed E-state index contributed by atoms with van der Waals surface area (Å²) in [5, 5.41) is 3.14. The summed E-state index contributed by atoms with van der Waals surface area (Å²) in [5.41, 5.74) is 6.98. The number of nitrogens with zero attached hydrogens (tertiary/aromatic N) is 2. The van der Waals surface area contributed by atoms with Gasteiger partial charge in [-0.25, -0.2) is 14.4 Å². The molecule has 2 rings (SSSR count). The van der Waals surface area contributed by atoms with Crippen molar-refractivity contribution in [3.05, 3.63) is 40.4 Å². The summed E-state index contributed by atoms with van der Waals surface area (Å²) in [6, 6.07) is 4.49. The summed E-state index contributed by atoms with van der Waals surface area (Å²) in [7, 11) is 0.